The van der Waals surface area contributed by atoms with Gasteiger partial charge < -0.3 is 5.32 Å². The van der Waals surface area contributed by atoms with E-state index in [-0.39, 0.29) is 12.4 Å². The molecule has 1 N–H and O–H groups in total. The molecular formula is C13H19ClN2. The fraction of sp³-hybridized carbons (Fsp3) is 0.615. The molecule has 88 valence electrons. The Hall–Kier alpha value is -0.600. The molecule has 1 aromatic rings. The second kappa shape index (κ2) is 5.15. The van der Waals surface area contributed by atoms with Gasteiger partial charge in [0.2, 0.25) is 0 Å². The number of pyridine rings is 1. The van der Waals surface area contributed by atoms with Crippen LogP contribution in [0, 0.1) is 5.92 Å². The summed E-state index contributed by atoms with van der Waals surface area (Å²) in [6.45, 7) is 0. The van der Waals surface area contributed by atoms with Crippen molar-refractivity contribution in [3.05, 3.63) is 30.1 Å². The Morgan fingerprint density at radius 1 is 1.12 bits per heavy atom. The summed E-state index contributed by atoms with van der Waals surface area (Å²) in [5, 5.41) is 3.69. The Bertz CT molecular complexity index is 316. The van der Waals surface area contributed by atoms with Crippen LogP contribution >= 0.6 is 12.4 Å². The van der Waals surface area contributed by atoms with Gasteiger partial charge >= 0.3 is 0 Å². The fourth-order valence-corrected chi connectivity index (χ4v) is 3.19. The zero-order valence-electron chi connectivity index (χ0n) is 9.43. The average Bonchev–Trinajstić information content (AvgIpc) is 2.60. The third-order valence-corrected chi connectivity index (χ3v) is 3.84. The first-order chi connectivity index (χ1) is 7.40. The normalized spacial score (nSPS) is 32.1. The van der Waals surface area contributed by atoms with Crippen molar-refractivity contribution in [3.63, 3.8) is 0 Å². The van der Waals surface area contributed by atoms with Gasteiger partial charge in [-0.2, -0.15) is 0 Å². The lowest BCUT2D eigenvalue weighted by Crippen LogP contribution is -2.38. The van der Waals surface area contributed by atoms with Crippen LogP contribution in [0.3, 0.4) is 0 Å². The lowest BCUT2D eigenvalue weighted by Gasteiger charge is -2.29. The summed E-state index contributed by atoms with van der Waals surface area (Å²) in [5.74, 6) is 0.895. The van der Waals surface area contributed by atoms with E-state index in [4.69, 9.17) is 0 Å². The predicted molar refractivity (Wildman–Crippen MR) is 67.9 cm³/mol. The van der Waals surface area contributed by atoms with Crippen LogP contribution in [-0.4, -0.2) is 17.1 Å². The first-order valence-electron chi connectivity index (χ1n) is 6.05. The third-order valence-electron chi connectivity index (χ3n) is 3.84. The smallest absolute Gasteiger partial charge is 0.0270 e. The molecule has 1 aromatic heterocycles. The van der Waals surface area contributed by atoms with Gasteiger partial charge in [0.05, 0.1) is 0 Å². The van der Waals surface area contributed by atoms with Crippen LogP contribution in [0.2, 0.25) is 0 Å². The Balaban J connectivity index is 0.000000963. The number of hydrogen-bond acceptors (Lipinski definition) is 2. The highest BCUT2D eigenvalue weighted by Gasteiger charge is 2.33. The number of rotatable bonds is 2. The molecule has 3 rings (SSSR count). The molecule has 0 spiro atoms. The molecule has 0 radical (unpaired) electrons. The Labute approximate surface area is 103 Å². The van der Waals surface area contributed by atoms with Gasteiger partial charge in [0.15, 0.2) is 0 Å². The van der Waals surface area contributed by atoms with E-state index >= 15 is 0 Å². The molecule has 0 aromatic carbocycles. The first kappa shape index (κ1) is 11.9. The van der Waals surface area contributed by atoms with E-state index in [2.05, 4.69) is 22.4 Å². The lowest BCUT2D eigenvalue weighted by atomic mass is 9.87. The minimum absolute atomic E-state index is 0. The molecule has 2 saturated heterocycles. The van der Waals surface area contributed by atoms with Crippen molar-refractivity contribution in [2.75, 3.05) is 0 Å². The number of fused-ring (bicyclic) bond motifs is 2. The molecule has 2 unspecified atom stereocenters. The van der Waals surface area contributed by atoms with Crippen LogP contribution in [0.1, 0.15) is 31.2 Å². The van der Waals surface area contributed by atoms with Crippen LogP contribution in [0.5, 0.6) is 0 Å². The van der Waals surface area contributed by atoms with Gasteiger partial charge in [0.25, 0.3) is 0 Å². The highest BCUT2D eigenvalue weighted by Crippen LogP contribution is 2.32. The van der Waals surface area contributed by atoms with Crippen molar-refractivity contribution >= 4 is 12.4 Å². The number of hydrogen-bond donors (Lipinski definition) is 1. The Morgan fingerprint density at radius 3 is 2.38 bits per heavy atom. The summed E-state index contributed by atoms with van der Waals surface area (Å²) in [7, 11) is 0. The maximum absolute atomic E-state index is 4.07. The lowest BCUT2D eigenvalue weighted by molar-refractivity contribution is 0.298. The maximum atomic E-state index is 4.07. The van der Waals surface area contributed by atoms with Gasteiger partial charge in [-0.1, -0.05) is 0 Å². The van der Waals surface area contributed by atoms with Gasteiger partial charge in [-0.05, 0) is 55.7 Å². The van der Waals surface area contributed by atoms with Crippen molar-refractivity contribution < 1.29 is 0 Å². The van der Waals surface area contributed by atoms with Crippen molar-refractivity contribution in [1.29, 1.82) is 0 Å². The predicted octanol–water partition coefficient (Wildman–Crippen LogP) is 2.58. The molecule has 0 aliphatic carbocycles. The van der Waals surface area contributed by atoms with Crippen molar-refractivity contribution in [1.82, 2.24) is 10.3 Å². The van der Waals surface area contributed by atoms with Gasteiger partial charge in [-0.3, -0.25) is 4.98 Å². The zero-order chi connectivity index (χ0) is 10.1. The number of nitrogens with zero attached hydrogens (tertiary/aromatic N) is 1. The summed E-state index contributed by atoms with van der Waals surface area (Å²) in [6.07, 6.45) is 10.6. The summed E-state index contributed by atoms with van der Waals surface area (Å²) in [5.41, 5.74) is 1.45. The summed E-state index contributed by atoms with van der Waals surface area (Å²) in [4.78, 5) is 4.07. The number of nitrogens with one attached hydrogen (secondary N) is 1. The Morgan fingerprint density at radius 2 is 1.75 bits per heavy atom. The molecule has 16 heavy (non-hydrogen) atoms. The standard InChI is InChI=1S/C13H18N2.ClH/c1-2-13-9-11(8-12(1)15-13)7-10-3-5-14-6-4-10;/h3-6,11-13,15H,1-2,7-9H2;1H. The van der Waals surface area contributed by atoms with Gasteiger partial charge in [-0.25, -0.2) is 0 Å². The van der Waals surface area contributed by atoms with E-state index in [9.17, 15) is 0 Å². The number of piperidine rings is 1. The van der Waals surface area contributed by atoms with Crippen LogP contribution in [0.15, 0.2) is 24.5 Å². The van der Waals surface area contributed by atoms with Crippen LogP contribution in [0.25, 0.3) is 0 Å². The Kier molecular flexibility index (Phi) is 3.82. The molecule has 3 heterocycles. The van der Waals surface area contributed by atoms with Gasteiger partial charge in [0.1, 0.15) is 0 Å². The van der Waals surface area contributed by atoms with Crippen molar-refractivity contribution in [2.45, 2.75) is 44.2 Å². The van der Waals surface area contributed by atoms with E-state index in [1.54, 1.807) is 0 Å². The van der Waals surface area contributed by atoms with E-state index in [0.717, 1.165) is 18.0 Å². The summed E-state index contributed by atoms with van der Waals surface area (Å²) < 4.78 is 0. The van der Waals surface area contributed by atoms with E-state index in [0.29, 0.717) is 0 Å². The molecule has 0 amide bonds. The largest absolute Gasteiger partial charge is 0.311 e. The molecule has 2 bridgehead atoms. The minimum atomic E-state index is 0. The fourth-order valence-electron chi connectivity index (χ4n) is 3.19. The molecule has 2 aliphatic heterocycles. The van der Waals surface area contributed by atoms with Gasteiger partial charge in [-0.15, -0.1) is 12.4 Å². The molecule has 2 aliphatic rings. The number of aromatic nitrogens is 1. The van der Waals surface area contributed by atoms with Gasteiger partial charge in [0, 0.05) is 24.5 Å². The van der Waals surface area contributed by atoms with Crippen LogP contribution < -0.4 is 5.32 Å². The monoisotopic (exact) mass is 238 g/mol. The first-order valence-corrected chi connectivity index (χ1v) is 6.05. The molecule has 2 nitrogen and oxygen atoms in total. The van der Waals surface area contributed by atoms with Crippen LogP contribution in [0.4, 0.5) is 0 Å². The topological polar surface area (TPSA) is 24.9 Å². The minimum Gasteiger partial charge on any atom is -0.311 e. The quantitative estimate of drug-likeness (QED) is 0.857. The SMILES string of the molecule is Cl.c1cc(CC2CC3CCC(C2)N3)ccn1. The van der Waals surface area contributed by atoms with Crippen LogP contribution in [-0.2, 0) is 6.42 Å². The second-order valence-electron chi connectivity index (χ2n) is 5.03. The average molecular weight is 239 g/mol. The molecule has 2 fully saturated rings. The molecule has 0 saturated carbocycles. The van der Waals surface area contributed by atoms with Crippen molar-refractivity contribution in [3.8, 4) is 0 Å². The van der Waals surface area contributed by atoms with E-state index in [1.165, 1.54) is 37.7 Å². The molecule has 2 atom stereocenters. The van der Waals surface area contributed by atoms with E-state index < -0.39 is 0 Å². The second-order valence-corrected chi connectivity index (χ2v) is 5.03. The summed E-state index contributed by atoms with van der Waals surface area (Å²) >= 11 is 0. The highest BCUT2D eigenvalue weighted by molar-refractivity contribution is 5.85. The zero-order valence-corrected chi connectivity index (χ0v) is 10.2. The highest BCUT2D eigenvalue weighted by atomic mass is 35.5. The third kappa shape index (κ3) is 2.55. The molecular weight excluding hydrogens is 220 g/mol. The van der Waals surface area contributed by atoms with Crippen molar-refractivity contribution in [2.24, 2.45) is 5.92 Å². The van der Waals surface area contributed by atoms with E-state index in [1.807, 2.05) is 12.4 Å². The molecule has 3 heteroatoms. The summed E-state index contributed by atoms with van der Waals surface area (Å²) in [6, 6.07) is 5.94. The maximum Gasteiger partial charge on any atom is 0.0270 e. The number of halogens is 1.